The molecule has 3 aromatic rings. The Labute approximate surface area is 230 Å². The fourth-order valence-electron chi connectivity index (χ4n) is 3.63. The van der Waals surface area contributed by atoms with E-state index in [0.717, 1.165) is 17.1 Å². The van der Waals surface area contributed by atoms with Gasteiger partial charge >= 0.3 is 11.9 Å². The minimum absolute atomic E-state index is 0.000590. The van der Waals surface area contributed by atoms with Gasteiger partial charge in [0.25, 0.3) is 0 Å². The van der Waals surface area contributed by atoms with Crippen molar-refractivity contribution in [3.05, 3.63) is 51.7 Å². The van der Waals surface area contributed by atoms with E-state index in [4.69, 9.17) is 14.2 Å². The first-order chi connectivity index (χ1) is 17.9. The van der Waals surface area contributed by atoms with Crippen LogP contribution in [0.2, 0.25) is 0 Å². The van der Waals surface area contributed by atoms with E-state index in [0.29, 0.717) is 16.5 Å². The number of thioether (sulfide) groups is 1. The Morgan fingerprint density at radius 1 is 1.08 bits per heavy atom. The number of amides is 1. The quantitative estimate of drug-likeness (QED) is 0.287. The van der Waals surface area contributed by atoms with Crippen molar-refractivity contribution in [2.75, 3.05) is 25.3 Å². The zero-order valence-electron chi connectivity index (χ0n) is 22.7. The first-order valence-electron chi connectivity index (χ1n) is 11.8. The molecule has 0 aliphatic carbocycles. The lowest BCUT2D eigenvalue weighted by Gasteiger charge is -2.20. The molecule has 0 bridgehead atoms. The zero-order chi connectivity index (χ0) is 28.2. The van der Waals surface area contributed by atoms with Crippen molar-refractivity contribution in [3.63, 3.8) is 0 Å². The lowest BCUT2D eigenvalue weighted by molar-refractivity contribution is -0.113. The van der Waals surface area contributed by atoms with E-state index in [1.54, 1.807) is 18.5 Å². The minimum atomic E-state index is -0.656. The molecular formula is C26H32N4O6S2. The average molecular weight is 561 g/mol. The number of benzene rings is 1. The molecule has 3 rings (SSSR count). The van der Waals surface area contributed by atoms with Crippen LogP contribution in [0.4, 0.5) is 5.00 Å². The number of hydrogen-bond donors (Lipinski definition) is 1. The van der Waals surface area contributed by atoms with E-state index in [-0.39, 0.29) is 38.6 Å². The fourth-order valence-corrected chi connectivity index (χ4v) is 5.47. The van der Waals surface area contributed by atoms with Crippen molar-refractivity contribution >= 4 is 45.9 Å². The van der Waals surface area contributed by atoms with Gasteiger partial charge in [-0.3, -0.25) is 4.79 Å². The number of carbonyl (C=O) groups is 3. The van der Waals surface area contributed by atoms with Gasteiger partial charge in [0.05, 0.1) is 25.5 Å². The number of esters is 2. The van der Waals surface area contributed by atoms with Gasteiger partial charge in [-0.05, 0) is 42.5 Å². The van der Waals surface area contributed by atoms with E-state index in [9.17, 15) is 14.4 Å². The monoisotopic (exact) mass is 560 g/mol. The number of aromatic nitrogens is 3. The van der Waals surface area contributed by atoms with E-state index >= 15 is 0 Å². The molecule has 1 aromatic carbocycles. The number of anilines is 1. The summed E-state index contributed by atoms with van der Waals surface area (Å²) in [4.78, 5) is 37.3. The normalized spacial score (nSPS) is 12.1. The molecular weight excluding hydrogens is 528 g/mol. The highest BCUT2D eigenvalue weighted by Crippen LogP contribution is 2.34. The molecule has 204 valence electrons. The number of methoxy groups -OCH3 is 2. The summed E-state index contributed by atoms with van der Waals surface area (Å²) >= 11 is 2.14. The lowest BCUT2D eigenvalue weighted by Crippen LogP contribution is -2.16. The van der Waals surface area contributed by atoms with Crippen molar-refractivity contribution in [2.45, 2.75) is 51.3 Å². The molecule has 0 saturated carbocycles. The predicted octanol–water partition coefficient (Wildman–Crippen LogP) is 4.93. The maximum Gasteiger partial charge on any atom is 0.348 e. The van der Waals surface area contributed by atoms with Crippen LogP contribution in [-0.4, -0.2) is 52.6 Å². The number of rotatable bonds is 9. The van der Waals surface area contributed by atoms with Gasteiger partial charge in [0.15, 0.2) is 17.1 Å². The lowest BCUT2D eigenvalue weighted by atomic mass is 9.87. The van der Waals surface area contributed by atoms with E-state index in [2.05, 4.69) is 36.3 Å². The third kappa shape index (κ3) is 6.54. The number of hydrogen-bond acceptors (Lipinski definition) is 10. The van der Waals surface area contributed by atoms with Crippen molar-refractivity contribution in [3.8, 4) is 5.75 Å². The van der Waals surface area contributed by atoms with Crippen LogP contribution in [0.1, 0.15) is 70.8 Å². The molecule has 38 heavy (non-hydrogen) atoms. The largest absolute Gasteiger partial charge is 0.483 e. The molecule has 1 N–H and O–H groups in total. The molecule has 10 nitrogen and oxygen atoms in total. The number of nitrogens with one attached hydrogen (secondary N) is 1. The second-order valence-electron chi connectivity index (χ2n) is 9.51. The molecule has 0 fully saturated rings. The van der Waals surface area contributed by atoms with Crippen LogP contribution < -0.4 is 10.1 Å². The highest BCUT2D eigenvalue weighted by atomic mass is 32.2. The average Bonchev–Trinajstić information content (AvgIpc) is 3.40. The Bertz CT molecular complexity index is 1320. The number of nitrogens with zero attached hydrogens (tertiary/aromatic N) is 3. The van der Waals surface area contributed by atoms with E-state index in [1.165, 1.54) is 31.5 Å². The molecule has 1 amide bonds. The van der Waals surface area contributed by atoms with Crippen molar-refractivity contribution in [1.29, 1.82) is 0 Å². The summed E-state index contributed by atoms with van der Waals surface area (Å²) in [5.74, 6) is -0.304. The molecule has 0 unspecified atom stereocenters. The fraction of sp³-hybridized carbons (Fsp3) is 0.423. The molecule has 0 saturated heterocycles. The second-order valence-corrected chi connectivity index (χ2v) is 11.5. The summed E-state index contributed by atoms with van der Waals surface area (Å²) in [6.07, 6.45) is -0.371. The SMILES string of the molecule is COC(=O)c1sc(NC(=O)CSc2nnc([C@@H](C)Oc3ccc(C(C)(C)C)cc3)n2C)c(C(=O)OC)c1C. The van der Waals surface area contributed by atoms with Crippen LogP contribution in [0, 0.1) is 6.92 Å². The maximum absolute atomic E-state index is 12.7. The number of carbonyl (C=O) groups excluding carboxylic acids is 3. The van der Waals surface area contributed by atoms with Gasteiger partial charge in [-0.2, -0.15) is 0 Å². The summed E-state index contributed by atoms with van der Waals surface area (Å²) < 4.78 is 17.4. The van der Waals surface area contributed by atoms with Crippen LogP contribution in [-0.2, 0) is 26.7 Å². The van der Waals surface area contributed by atoms with Crippen LogP contribution in [0.25, 0.3) is 0 Å². The predicted molar refractivity (Wildman–Crippen MR) is 146 cm³/mol. The minimum Gasteiger partial charge on any atom is -0.483 e. The molecule has 0 radical (unpaired) electrons. The van der Waals surface area contributed by atoms with Crippen molar-refractivity contribution in [1.82, 2.24) is 14.8 Å². The first-order valence-corrected chi connectivity index (χ1v) is 13.6. The first kappa shape index (κ1) is 29.2. The van der Waals surface area contributed by atoms with Gasteiger partial charge in [0.2, 0.25) is 5.91 Å². The smallest absolute Gasteiger partial charge is 0.348 e. The van der Waals surface area contributed by atoms with Gasteiger partial charge in [-0.1, -0.05) is 44.7 Å². The van der Waals surface area contributed by atoms with Crippen LogP contribution >= 0.6 is 23.1 Å². The highest BCUT2D eigenvalue weighted by Gasteiger charge is 2.27. The van der Waals surface area contributed by atoms with Crippen molar-refractivity contribution in [2.24, 2.45) is 7.05 Å². The Hall–Kier alpha value is -3.38. The summed E-state index contributed by atoms with van der Waals surface area (Å²) in [7, 11) is 4.28. The third-order valence-corrected chi connectivity index (χ3v) is 7.97. The third-order valence-electron chi connectivity index (χ3n) is 5.76. The van der Waals surface area contributed by atoms with Crippen LogP contribution in [0.15, 0.2) is 29.4 Å². The second kappa shape index (κ2) is 12.0. The maximum atomic E-state index is 12.7. The summed E-state index contributed by atoms with van der Waals surface area (Å²) in [6, 6.07) is 7.97. The Morgan fingerprint density at radius 2 is 1.71 bits per heavy atom. The van der Waals surface area contributed by atoms with Gasteiger partial charge in [-0.25, -0.2) is 9.59 Å². The molecule has 2 aromatic heterocycles. The molecule has 12 heteroatoms. The van der Waals surface area contributed by atoms with Gasteiger partial charge in [0, 0.05) is 7.05 Å². The van der Waals surface area contributed by atoms with Crippen molar-refractivity contribution < 1.29 is 28.6 Å². The molecule has 2 heterocycles. The summed E-state index contributed by atoms with van der Waals surface area (Å²) in [5, 5.41) is 11.9. The van der Waals surface area contributed by atoms with Gasteiger partial charge in [-0.15, -0.1) is 21.5 Å². The van der Waals surface area contributed by atoms with E-state index in [1.807, 2.05) is 31.2 Å². The summed E-state index contributed by atoms with van der Waals surface area (Å²) in [6.45, 7) is 9.95. The van der Waals surface area contributed by atoms with E-state index < -0.39 is 11.9 Å². The summed E-state index contributed by atoms with van der Waals surface area (Å²) in [5.41, 5.74) is 1.78. The topological polar surface area (TPSA) is 122 Å². The van der Waals surface area contributed by atoms with Crippen LogP contribution in [0.5, 0.6) is 5.75 Å². The number of thiophene rings is 1. The molecule has 0 spiro atoms. The Kier molecular flexibility index (Phi) is 9.21. The Morgan fingerprint density at radius 3 is 2.29 bits per heavy atom. The number of ether oxygens (including phenoxy) is 3. The highest BCUT2D eigenvalue weighted by molar-refractivity contribution is 7.99. The standard InChI is InChI=1S/C26H32N4O6S2/c1-14-19(23(32)34-7)22(38-20(14)24(33)35-8)27-18(31)13-37-25-29-28-21(30(25)6)15(2)36-17-11-9-16(10-12-17)26(3,4)5/h9-12,15H,13H2,1-8H3,(H,27,31)/t15-/m1/s1. The van der Waals surface area contributed by atoms with Crippen LogP contribution in [0.3, 0.4) is 0 Å². The van der Waals surface area contributed by atoms with Gasteiger partial charge < -0.3 is 24.1 Å². The zero-order valence-corrected chi connectivity index (χ0v) is 24.3. The molecule has 0 aliphatic rings. The van der Waals surface area contributed by atoms with Gasteiger partial charge in [0.1, 0.15) is 15.6 Å². The Balaban J connectivity index is 1.66. The molecule has 1 atom stereocenters. The molecule has 0 aliphatic heterocycles.